The molecule has 2 heterocycles. The van der Waals surface area contributed by atoms with Gasteiger partial charge in [0.05, 0.1) is 10.6 Å². The van der Waals surface area contributed by atoms with Gasteiger partial charge in [-0.05, 0) is 56.0 Å². The molecule has 0 unspecified atom stereocenters. The first-order valence-electron chi connectivity index (χ1n) is 10.1. The van der Waals surface area contributed by atoms with Gasteiger partial charge in [0.1, 0.15) is 11.9 Å². The number of hydrogen-bond acceptors (Lipinski definition) is 3. The zero-order valence-electron chi connectivity index (χ0n) is 16.9. The van der Waals surface area contributed by atoms with Crippen molar-refractivity contribution in [3.63, 3.8) is 0 Å². The smallest absolute Gasteiger partial charge is 0.255 e. The third-order valence-electron chi connectivity index (χ3n) is 5.81. The van der Waals surface area contributed by atoms with E-state index in [2.05, 4.69) is 30.9 Å². The van der Waals surface area contributed by atoms with Crippen molar-refractivity contribution in [2.24, 2.45) is 0 Å². The van der Waals surface area contributed by atoms with Crippen LogP contribution in [-0.4, -0.2) is 40.9 Å². The first kappa shape index (κ1) is 21.9. The SMILES string of the molecule is CC(C)N1CCC(Oc2ccc(C(=O)N3Cc4ccccc4C3)c(Cl)c2)CC1.Cl. The van der Waals surface area contributed by atoms with Crippen molar-refractivity contribution in [3.05, 3.63) is 64.2 Å². The lowest BCUT2D eigenvalue weighted by molar-refractivity contribution is 0.0751. The van der Waals surface area contributed by atoms with E-state index in [0.29, 0.717) is 29.7 Å². The van der Waals surface area contributed by atoms with Crippen molar-refractivity contribution in [2.45, 2.75) is 51.9 Å². The van der Waals surface area contributed by atoms with E-state index in [4.69, 9.17) is 16.3 Å². The zero-order chi connectivity index (χ0) is 19.7. The van der Waals surface area contributed by atoms with Crippen molar-refractivity contribution in [2.75, 3.05) is 13.1 Å². The minimum atomic E-state index is -0.0296. The Morgan fingerprint density at radius 1 is 1.07 bits per heavy atom. The van der Waals surface area contributed by atoms with Crippen LogP contribution < -0.4 is 4.74 Å². The van der Waals surface area contributed by atoms with Crippen molar-refractivity contribution in [3.8, 4) is 5.75 Å². The Bertz CT molecular complexity index is 839. The Hall–Kier alpha value is -1.75. The predicted molar refractivity (Wildman–Crippen MR) is 119 cm³/mol. The predicted octanol–water partition coefficient (Wildman–Crippen LogP) is 5.17. The summed E-state index contributed by atoms with van der Waals surface area (Å²) in [7, 11) is 0. The molecule has 156 valence electrons. The number of carbonyl (C=O) groups is 1. The molecule has 2 aromatic carbocycles. The average molecular weight is 435 g/mol. The largest absolute Gasteiger partial charge is 0.490 e. The summed E-state index contributed by atoms with van der Waals surface area (Å²) in [6.45, 7) is 7.85. The molecule has 1 amide bonds. The number of nitrogens with zero attached hydrogens (tertiary/aromatic N) is 2. The van der Waals surface area contributed by atoms with Gasteiger partial charge in [-0.2, -0.15) is 0 Å². The lowest BCUT2D eigenvalue weighted by Crippen LogP contribution is -2.41. The molecule has 1 saturated heterocycles. The maximum absolute atomic E-state index is 12.9. The second-order valence-electron chi connectivity index (χ2n) is 8.02. The number of piperidine rings is 1. The summed E-state index contributed by atoms with van der Waals surface area (Å²) in [6.07, 6.45) is 2.24. The summed E-state index contributed by atoms with van der Waals surface area (Å²) in [4.78, 5) is 17.2. The van der Waals surface area contributed by atoms with Gasteiger partial charge in [0.25, 0.3) is 5.91 Å². The summed E-state index contributed by atoms with van der Waals surface area (Å²) in [5.41, 5.74) is 2.95. The summed E-state index contributed by atoms with van der Waals surface area (Å²) >= 11 is 6.46. The molecule has 0 bridgehead atoms. The average Bonchev–Trinajstić information content (AvgIpc) is 3.12. The summed E-state index contributed by atoms with van der Waals surface area (Å²) in [5.74, 6) is 0.715. The Kier molecular flexibility index (Phi) is 7.10. The third-order valence-corrected chi connectivity index (χ3v) is 6.12. The van der Waals surface area contributed by atoms with E-state index in [0.717, 1.165) is 31.7 Å². The number of hydrogen-bond donors (Lipinski definition) is 0. The number of ether oxygens (including phenoxy) is 1. The zero-order valence-corrected chi connectivity index (χ0v) is 18.5. The highest BCUT2D eigenvalue weighted by Gasteiger charge is 2.26. The second-order valence-corrected chi connectivity index (χ2v) is 8.43. The molecule has 0 N–H and O–H groups in total. The molecule has 0 radical (unpaired) electrons. The second kappa shape index (κ2) is 9.38. The molecule has 2 aliphatic rings. The standard InChI is InChI=1S/C23H27ClN2O2.ClH/c1-16(2)25-11-9-19(10-12-25)28-20-7-8-21(22(24)13-20)23(27)26-14-17-5-3-4-6-18(17)15-26;/h3-8,13,16,19H,9-12,14-15H2,1-2H3;1H. The van der Waals surface area contributed by atoms with Gasteiger partial charge in [0, 0.05) is 32.2 Å². The van der Waals surface area contributed by atoms with Crippen molar-refractivity contribution in [1.82, 2.24) is 9.80 Å². The van der Waals surface area contributed by atoms with E-state index in [9.17, 15) is 4.79 Å². The summed E-state index contributed by atoms with van der Waals surface area (Å²) < 4.78 is 6.14. The van der Waals surface area contributed by atoms with Crippen LogP contribution in [0.5, 0.6) is 5.75 Å². The Balaban J connectivity index is 0.00000240. The van der Waals surface area contributed by atoms with Crippen LogP contribution >= 0.6 is 24.0 Å². The maximum atomic E-state index is 12.9. The highest BCUT2D eigenvalue weighted by atomic mass is 35.5. The van der Waals surface area contributed by atoms with Gasteiger partial charge in [0.15, 0.2) is 0 Å². The molecule has 0 saturated carbocycles. The lowest BCUT2D eigenvalue weighted by Gasteiger charge is -2.34. The molecule has 0 aliphatic carbocycles. The van der Waals surface area contributed by atoms with Crippen LogP contribution in [0.4, 0.5) is 0 Å². The first-order valence-corrected chi connectivity index (χ1v) is 10.5. The first-order chi connectivity index (χ1) is 13.5. The minimum Gasteiger partial charge on any atom is -0.490 e. The molecule has 2 aromatic rings. The minimum absolute atomic E-state index is 0. The molecular formula is C23H28Cl2N2O2. The third kappa shape index (κ3) is 4.88. The van der Waals surface area contributed by atoms with Crippen LogP contribution in [0.3, 0.4) is 0 Å². The number of benzene rings is 2. The fraction of sp³-hybridized carbons (Fsp3) is 0.435. The normalized spacial score (nSPS) is 17.2. The highest BCUT2D eigenvalue weighted by molar-refractivity contribution is 6.34. The van der Waals surface area contributed by atoms with Gasteiger partial charge in [-0.15, -0.1) is 12.4 Å². The molecule has 1 fully saturated rings. The quantitative estimate of drug-likeness (QED) is 0.665. The number of rotatable bonds is 4. The molecule has 0 spiro atoms. The van der Waals surface area contributed by atoms with Gasteiger partial charge < -0.3 is 14.5 Å². The van der Waals surface area contributed by atoms with Gasteiger partial charge in [-0.3, -0.25) is 4.79 Å². The molecule has 0 aromatic heterocycles. The Morgan fingerprint density at radius 3 is 2.24 bits per heavy atom. The number of halogens is 2. The number of amides is 1. The van der Waals surface area contributed by atoms with Crippen molar-refractivity contribution >= 4 is 29.9 Å². The van der Waals surface area contributed by atoms with Crippen LogP contribution in [0.25, 0.3) is 0 Å². The van der Waals surface area contributed by atoms with Gasteiger partial charge >= 0.3 is 0 Å². The summed E-state index contributed by atoms with van der Waals surface area (Å²) in [6, 6.07) is 14.2. The fourth-order valence-electron chi connectivity index (χ4n) is 4.09. The van der Waals surface area contributed by atoms with Gasteiger partial charge in [-0.1, -0.05) is 35.9 Å². The lowest BCUT2D eigenvalue weighted by atomic mass is 10.1. The summed E-state index contributed by atoms with van der Waals surface area (Å²) in [5, 5.41) is 0.457. The Morgan fingerprint density at radius 2 is 1.69 bits per heavy atom. The van der Waals surface area contributed by atoms with E-state index in [1.807, 2.05) is 23.1 Å². The van der Waals surface area contributed by atoms with Crippen LogP contribution in [0.15, 0.2) is 42.5 Å². The van der Waals surface area contributed by atoms with E-state index in [-0.39, 0.29) is 24.4 Å². The maximum Gasteiger partial charge on any atom is 0.255 e. The fourth-order valence-corrected chi connectivity index (χ4v) is 4.34. The van der Waals surface area contributed by atoms with Crippen LogP contribution in [-0.2, 0) is 13.1 Å². The topological polar surface area (TPSA) is 32.8 Å². The molecule has 4 rings (SSSR count). The van der Waals surface area contributed by atoms with E-state index < -0.39 is 0 Å². The van der Waals surface area contributed by atoms with Gasteiger partial charge in [0.2, 0.25) is 0 Å². The van der Waals surface area contributed by atoms with Crippen LogP contribution in [0, 0.1) is 0 Å². The monoisotopic (exact) mass is 434 g/mol. The van der Waals surface area contributed by atoms with Crippen molar-refractivity contribution < 1.29 is 9.53 Å². The number of fused-ring (bicyclic) bond motifs is 1. The number of carbonyl (C=O) groups excluding carboxylic acids is 1. The molecular weight excluding hydrogens is 407 g/mol. The molecule has 2 aliphatic heterocycles. The van der Waals surface area contributed by atoms with Crippen LogP contribution in [0.1, 0.15) is 48.2 Å². The van der Waals surface area contributed by atoms with E-state index in [1.54, 1.807) is 12.1 Å². The van der Waals surface area contributed by atoms with Crippen LogP contribution in [0.2, 0.25) is 5.02 Å². The molecule has 6 heteroatoms. The highest BCUT2D eigenvalue weighted by Crippen LogP contribution is 2.29. The van der Waals surface area contributed by atoms with Crippen molar-refractivity contribution in [1.29, 1.82) is 0 Å². The molecule has 0 atom stereocenters. The Labute approximate surface area is 184 Å². The van der Waals surface area contributed by atoms with E-state index in [1.165, 1.54) is 11.1 Å². The van der Waals surface area contributed by atoms with E-state index >= 15 is 0 Å². The number of likely N-dealkylation sites (tertiary alicyclic amines) is 1. The molecule has 4 nitrogen and oxygen atoms in total. The molecule has 29 heavy (non-hydrogen) atoms. The van der Waals surface area contributed by atoms with Gasteiger partial charge in [-0.25, -0.2) is 0 Å².